The highest BCUT2D eigenvalue weighted by atomic mass is 16.5. The summed E-state index contributed by atoms with van der Waals surface area (Å²) in [5.74, 6) is 0.149. The van der Waals surface area contributed by atoms with Gasteiger partial charge in [-0.3, -0.25) is 4.79 Å². The van der Waals surface area contributed by atoms with Crippen molar-refractivity contribution in [1.82, 2.24) is 9.97 Å². The van der Waals surface area contributed by atoms with Crippen molar-refractivity contribution in [3.8, 4) is 17.3 Å². The molecule has 1 aromatic carbocycles. The topological polar surface area (TPSA) is 75.2 Å². The molecule has 100 valence electrons. The first-order valence-electron chi connectivity index (χ1n) is 6.06. The molecule has 1 heterocycles. The smallest absolute Gasteiger partial charge is 0.258 e. The zero-order valence-electron chi connectivity index (χ0n) is 10.9. The van der Waals surface area contributed by atoms with Gasteiger partial charge in [0.2, 0.25) is 5.88 Å². The van der Waals surface area contributed by atoms with E-state index in [0.29, 0.717) is 24.4 Å². The Balaban J connectivity index is 2.47. The summed E-state index contributed by atoms with van der Waals surface area (Å²) in [6.45, 7) is 2.28. The molecule has 0 aliphatic rings. The number of methoxy groups -OCH3 is 1. The minimum atomic E-state index is -0.304. The Morgan fingerprint density at radius 3 is 2.84 bits per heavy atom. The second-order valence-corrected chi connectivity index (χ2v) is 4.20. The Labute approximate surface area is 110 Å². The van der Waals surface area contributed by atoms with Crippen LogP contribution in [0.2, 0.25) is 0 Å². The van der Waals surface area contributed by atoms with Crippen molar-refractivity contribution in [2.45, 2.75) is 20.0 Å². The predicted molar refractivity (Wildman–Crippen MR) is 72.0 cm³/mol. The van der Waals surface area contributed by atoms with Crippen LogP contribution in [0, 0.1) is 0 Å². The third-order valence-corrected chi connectivity index (χ3v) is 2.86. The third-order valence-electron chi connectivity index (χ3n) is 2.86. The monoisotopic (exact) mass is 260 g/mol. The van der Waals surface area contributed by atoms with Gasteiger partial charge in [0.05, 0.1) is 12.2 Å². The van der Waals surface area contributed by atoms with E-state index in [1.807, 2.05) is 24.3 Å². The normalized spacial score (nSPS) is 10.6. The maximum absolute atomic E-state index is 11.8. The molecule has 0 radical (unpaired) electrons. The molecule has 2 rings (SSSR count). The molecule has 19 heavy (non-hydrogen) atoms. The molecule has 0 bridgehead atoms. The molecule has 0 saturated heterocycles. The lowest BCUT2D eigenvalue weighted by Crippen LogP contribution is -2.14. The van der Waals surface area contributed by atoms with E-state index in [4.69, 9.17) is 4.74 Å². The van der Waals surface area contributed by atoms with Crippen LogP contribution in [0.5, 0.6) is 5.88 Å². The summed E-state index contributed by atoms with van der Waals surface area (Å²) < 4.78 is 5.06. The van der Waals surface area contributed by atoms with Gasteiger partial charge in [-0.05, 0) is 18.1 Å². The number of H-pyrrole nitrogens is 1. The van der Waals surface area contributed by atoms with Gasteiger partial charge in [-0.2, -0.15) is 4.98 Å². The fourth-order valence-electron chi connectivity index (χ4n) is 1.92. The SMILES string of the molecule is CCc1c(O)nc(-c2cccc(COC)c2)[nH]c1=O. The maximum Gasteiger partial charge on any atom is 0.258 e. The Morgan fingerprint density at radius 1 is 1.42 bits per heavy atom. The summed E-state index contributed by atoms with van der Waals surface area (Å²) >= 11 is 0. The van der Waals surface area contributed by atoms with Gasteiger partial charge in [0.15, 0.2) is 0 Å². The van der Waals surface area contributed by atoms with Gasteiger partial charge >= 0.3 is 0 Å². The van der Waals surface area contributed by atoms with Gasteiger partial charge in [-0.15, -0.1) is 0 Å². The minimum absolute atomic E-state index is 0.210. The molecule has 2 aromatic rings. The molecule has 0 fully saturated rings. The summed E-state index contributed by atoms with van der Waals surface area (Å²) in [6.07, 6.45) is 0.443. The number of hydrogen-bond donors (Lipinski definition) is 2. The highest BCUT2D eigenvalue weighted by Gasteiger charge is 2.10. The first-order valence-corrected chi connectivity index (χ1v) is 6.06. The zero-order chi connectivity index (χ0) is 13.8. The molecule has 5 heteroatoms. The van der Waals surface area contributed by atoms with E-state index < -0.39 is 0 Å². The van der Waals surface area contributed by atoms with Crippen LogP contribution in [0.15, 0.2) is 29.1 Å². The van der Waals surface area contributed by atoms with Gasteiger partial charge in [0.25, 0.3) is 5.56 Å². The first kappa shape index (κ1) is 13.3. The highest BCUT2D eigenvalue weighted by Crippen LogP contribution is 2.19. The Hall–Kier alpha value is -2.14. The van der Waals surface area contributed by atoms with E-state index in [2.05, 4.69) is 9.97 Å². The number of aromatic amines is 1. The molecular formula is C14H16N2O3. The van der Waals surface area contributed by atoms with Crippen LogP contribution in [0.3, 0.4) is 0 Å². The number of ether oxygens (including phenoxy) is 1. The van der Waals surface area contributed by atoms with Crippen LogP contribution in [0.25, 0.3) is 11.4 Å². The van der Waals surface area contributed by atoms with Gasteiger partial charge in [0.1, 0.15) is 5.82 Å². The van der Waals surface area contributed by atoms with Gasteiger partial charge in [-0.25, -0.2) is 0 Å². The lowest BCUT2D eigenvalue weighted by atomic mass is 10.1. The Morgan fingerprint density at radius 2 is 2.21 bits per heavy atom. The number of benzene rings is 1. The zero-order valence-corrected chi connectivity index (χ0v) is 10.9. The van der Waals surface area contributed by atoms with Crippen molar-refractivity contribution < 1.29 is 9.84 Å². The van der Waals surface area contributed by atoms with Crippen LogP contribution in [-0.2, 0) is 17.8 Å². The molecule has 1 aromatic heterocycles. The number of aromatic hydroxyl groups is 1. The van der Waals surface area contributed by atoms with E-state index in [-0.39, 0.29) is 11.4 Å². The number of nitrogens with one attached hydrogen (secondary N) is 1. The second kappa shape index (κ2) is 5.67. The summed E-state index contributed by atoms with van der Waals surface area (Å²) in [5, 5.41) is 9.75. The summed E-state index contributed by atoms with van der Waals surface area (Å²) in [7, 11) is 1.62. The van der Waals surface area contributed by atoms with Gasteiger partial charge in [-0.1, -0.05) is 25.1 Å². The van der Waals surface area contributed by atoms with Crippen molar-refractivity contribution in [2.24, 2.45) is 0 Å². The standard InChI is InChI=1S/C14H16N2O3/c1-3-11-13(17)15-12(16-14(11)18)10-6-4-5-9(7-10)8-19-2/h4-7H,3,8H2,1-2H3,(H2,15,16,17,18). The fourth-order valence-corrected chi connectivity index (χ4v) is 1.92. The van der Waals surface area contributed by atoms with Crippen LogP contribution in [0.4, 0.5) is 0 Å². The largest absolute Gasteiger partial charge is 0.493 e. The lowest BCUT2D eigenvalue weighted by molar-refractivity contribution is 0.185. The maximum atomic E-state index is 11.8. The number of aromatic nitrogens is 2. The summed E-state index contributed by atoms with van der Waals surface area (Å²) in [5.41, 5.74) is 1.71. The lowest BCUT2D eigenvalue weighted by Gasteiger charge is -2.06. The molecule has 0 aliphatic heterocycles. The molecule has 0 atom stereocenters. The predicted octanol–water partition coefficient (Wildman–Crippen LogP) is 1.85. The molecule has 2 N–H and O–H groups in total. The molecule has 0 unspecified atom stereocenters. The van der Waals surface area contributed by atoms with Crippen molar-refractivity contribution in [3.05, 3.63) is 45.7 Å². The number of hydrogen-bond acceptors (Lipinski definition) is 4. The van der Waals surface area contributed by atoms with E-state index in [1.54, 1.807) is 14.0 Å². The van der Waals surface area contributed by atoms with E-state index in [9.17, 15) is 9.90 Å². The molecule has 0 amide bonds. The van der Waals surface area contributed by atoms with Crippen LogP contribution in [-0.4, -0.2) is 22.2 Å². The van der Waals surface area contributed by atoms with Crippen LogP contribution >= 0.6 is 0 Å². The van der Waals surface area contributed by atoms with E-state index in [1.165, 1.54) is 0 Å². The number of rotatable bonds is 4. The van der Waals surface area contributed by atoms with E-state index in [0.717, 1.165) is 11.1 Å². The number of nitrogens with zero attached hydrogens (tertiary/aromatic N) is 1. The molecule has 0 aliphatic carbocycles. The van der Waals surface area contributed by atoms with Gasteiger partial charge < -0.3 is 14.8 Å². The highest BCUT2D eigenvalue weighted by molar-refractivity contribution is 5.56. The average Bonchev–Trinajstić information content (AvgIpc) is 2.39. The molecular weight excluding hydrogens is 244 g/mol. The van der Waals surface area contributed by atoms with E-state index >= 15 is 0 Å². The minimum Gasteiger partial charge on any atom is -0.493 e. The molecule has 0 saturated carbocycles. The summed E-state index contributed by atoms with van der Waals surface area (Å²) in [4.78, 5) is 18.5. The van der Waals surface area contributed by atoms with Crippen LogP contribution < -0.4 is 5.56 Å². The average molecular weight is 260 g/mol. The van der Waals surface area contributed by atoms with Gasteiger partial charge in [0, 0.05) is 12.7 Å². The quantitative estimate of drug-likeness (QED) is 0.879. The van der Waals surface area contributed by atoms with Crippen molar-refractivity contribution in [1.29, 1.82) is 0 Å². The molecule has 0 spiro atoms. The van der Waals surface area contributed by atoms with Crippen molar-refractivity contribution in [3.63, 3.8) is 0 Å². The van der Waals surface area contributed by atoms with Crippen molar-refractivity contribution >= 4 is 0 Å². The van der Waals surface area contributed by atoms with Crippen molar-refractivity contribution in [2.75, 3.05) is 7.11 Å². The van der Waals surface area contributed by atoms with Crippen LogP contribution in [0.1, 0.15) is 18.1 Å². The molecule has 5 nitrogen and oxygen atoms in total. The third kappa shape index (κ3) is 2.82. The first-order chi connectivity index (χ1) is 9.15. The second-order valence-electron chi connectivity index (χ2n) is 4.20. The fraction of sp³-hybridized carbons (Fsp3) is 0.286. The Kier molecular flexibility index (Phi) is 3.97. The Bertz CT molecular complexity index is 635. The summed E-state index contributed by atoms with van der Waals surface area (Å²) in [6, 6.07) is 7.47.